The van der Waals surface area contributed by atoms with Crippen molar-refractivity contribution in [1.82, 2.24) is 5.32 Å². The minimum Gasteiger partial charge on any atom is -0.489 e. The van der Waals surface area contributed by atoms with Crippen molar-refractivity contribution in [2.45, 2.75) is 6.61 Å². The summed E-state index contributed by atoms with van der Waals surface area (Å²) in [7, 11) is 1.60. The van der Waals surface area contributed by atoms with E-state index in [4.69, 9.17) is 4.74 Å². The lowest BCUT2D eigenvalue weighted by Gasteiger charge is -2.08. The Morgan fingerprint density at radius 3 is 2.15 bits per heavy atom. The molecule has 4 heteroatoms. The monoisotopic (exact) mass is 345 g/mol. The van der Waals surface area contributed by atoms with E-state index in [0.717, 1.165) is 5.56 Å². The van der Waals surface area contributed by atoms with E-state index in [1.165, 1.54) is 0 Å². The van der Waals surface area contributed by atoms with Crippen LogP contribution in [-0.2, 0) is 6.61 Å². The lowest BCUT2D eigenvalue weighted by atomic mass is 10.0. The smallest absolute Gasteiger partial charge is 0.251 e. The number of rotatable bonds is 6. The molecule has 3 rings (SSSR count). The molecule has 4 nitrogen and oxygen atoms in total. The summed E-state index contributed by atoms with van der Waals surface area (Å²) in [4.78, 5) is 24.1. The lowest BCUT2D eigenvalue weighted by molar-refractivity contribution is 0.0962. The number of hydrogen-bond acceptors (Lipinski definition) is 3. The first-order chi connectivity index (χ1) is 12.7. The van der Waals surface area contributed by atoms with Gasteiger partial charge in [-0.15, -0.1) is 0 Å². The van der Waals surface area contributed by atoms with Crippen LogP contribution in [0.3, 0.4) is 0 Å². The molecule has 0 saturated carbocycles. The predicted molar refractivity (Wildman–Crippen MR) is 100 cm³/mol. The standard InChI is InChI=1S/C22H19NO3/c1-23-22(25)19-9-5-6-16(14-19)15-26-20-12-10-18(11-13-20)21(24)17-7-3-2-4-8-17/h2-14H,15H2,1H3,(H,23,25). The van der Waals surface area contributed by atoms with E-state index in [9.17, 15) is 9.59 Å². The molecule has 0 unspecified atom stereocenters. The molecule has 0 spiro atoms. The molecule has 0 aliphatic carbocycles. The van der Waals surface area contributed by atoms with Crippen LogP contribution in [0.25, 0.3) is 0 Å². The second kappa shape index (κ2) is 8.12. The SMILES string of the molecule is CNC(=O)c1cccc(COc2ccc(C(=O)c3ccccc3)cc2)c1. The molecule has 0 aliphatic heterocycles. The summed E-state index contributed by atoms with van der Waals surface area (Å²) >= 11 is 0. The van der Waals surface area contributed by atoms with Crippen molar-refractivity contribution >= 4 is 11.7 Å². The summed E-state index contributed by atoms with van der Waals surface area (Å²) in [5.41, 5.74) is 2.77. The molecule has 3 aromatic carbocycles. The van der Waals surface area contributed by atoms with Gasteiger partial charge in [-0.2, -0.15) is 0 Å². The summed E-state index contributed by atoms with van der Waals surface area (Å²) in [5.74, 6) is 0.519. The van der Waals surface area contributed by atoms with Gasteiger partial charge in [0.05, 0.1) is 0 Å². The fourth-order valence-corrected chi connectivity index (χ4v) is 2.57. The highest BCUT2D eigenvalue weighted by Gasteiger charge is 2.09. The zero-order valence-electron chi connectivity index (χ0n) is 14.4. The molecule has 0 atom stereocenters. The van der Waals surface area contributed by atoms with Gasteiger partial charge >= 0.3 is 0 Å². The van der Waals surface area contributed by atoms with Crippen LogP contribution in [-0.4, -0.2) is 18.7 Å². The molecule has 0 aliphatic rings. The molecule has 1 N–H and O–H groups in total. The molecular weight excluding hydrogens is 326 g/mol. The number of ether oxygens (including phenoxy) is 1. The van der Waals surface area contributed by atoms with Crippen LogP contribution in [0.5, 0.6) is 5.75 Å². The van der Waals surface area contributed by atoms with E-state index in [0.29, 0.717) is 29.0 Å². The van der Waals surface area contributed by atoms with Crippen LogP contribution >= 0.6 is 0 Å². The molecular formula is C22H19NO3. The minimum absolute atomic E-state index is 0.0181. The average molecular weight is 345 g/mol. The van der Waals surface area contributed by atoms with E-state index in [2.05, 4.69) is 5.32 Å². The summed E-state index contributed by atoms with van der Waals surface area (Å²) in [6.45, 7) is 0.344. The summed E-state index contributed by atoms with van der Waals surface area (Å²) in [5, 5.41) is 2.60. The van der Waals surface area contributed by atoms with Crippen molar-refractivity contribution in [3.8, 4) is 5.75 Å². The number of amides is 1. The summed E-state index contributed by atoms with van der Waals surface area (Å²) in [6, 6.07) is 23.5. The van der Waals surface area contributed by atoms with Gasteiger partial charge in [0.15, 0.2) is 5.78 Å². The highest BCUT2D eigenvalue weighted by atomic mass is 16.5. The van der Waals surface area contributed by atoms with Gasteiger partial charge in [0, 0.05) is 23.7 Å². The van der Waals surface area contributed by atoms with E-state index in [1.54, 1.807) is 55.6 Å². The Balaban J connectivity index is 1.65. The van der Waals surface area contributed by atoms with Gasteiger partial charge in [-0.25, -0.2) is 0 Å². The van der Waals surface area contributed by atoms with Crippen molar-refractivity contribution in [2.75, 3.05) is 7.05 Å². The van der Waals surface area contributed by atoms with Gasteiger partial charge in [0.1, 0.15) is 12.4 Å². The van der Waals surface area contributed by atoms with Gasteiger partial charge in [-0.05, 0) is 42.0 Å². The first-order valence-corrected chi connectivity index (χ1v) is 8.31. The second-order valence-electron chi connectivity index (χ2n) is 5.79. The first kappa shape index (κ1) is 17.4. The van der Waals surface area contributed by atoms with Gasteiger partial charge in [-0.1, -0.05) is 42.5 Å². The van der Waals surface area contributed by atoms with Gasteiger partial charge < -0.3 is 10.1 Å². The molecule has 3 aromatic rings. The third-order valence-corrected chi connectivity index (χ3v) is 3.97. The maximum Gasteiger partial charge on any atom is 0.251 e. The molecule has 26 heavy (non-hydrogen) atoms. The van der Waals surface area contributed by atoms with Crippen molar-refractivity contribution in [1.29, 1.82) is 0 Å². The van der Waals surface area contributed by atoms with E-state index < -0.39 is 0 Å². The maximum absolute atomic E-state index is 12.4. The molecule has 0 fully saturated rings. The van der Waals surface area contributed by atoms with Crippen LogP contribution in [0.1, 0.15) is 31.8 Å². The Kier molecular flexibility index (Phi) is 5.44. The normalized spacial score (nSPS) is 10.2. The minimum atomic E-state index is -0.129. The highest BCUT2D eigenvalue weighted by molar-refractivity contribution is 6.08. The van der Waals surface area contributed by atoms with Gasteiger partial charge in [-0.3, -0.25) is 9.59 Å². The van der Waals surface area contributed by atoms with Crippen molar-refractivity contribution < 1.29 is 14.3 Å². The molecule has 0 saturated heterocycles. The lowest BCUT2D eigenvalue weighted by Crippen LogP contribution is -2.17. The Morgan fingerprint density at radius 2 is 1.46 bits per heavy atom. The molecule has 1 amide bonds. The van der Waals surface area contributed by atoms with E-state index in [1.807, 2.05) is 30.3 Å². The molecule has 0 heterocycles. The van der Waals surface area contributed by atoms with Crippen molar-refractivity contribution in [3.05, 3.63) is 101 Å². The van der Waals surface area contributed by atoms with E-state index in [-0.39, 0.29) is 11.7 Å². The molecule has 0 aromatic heterocycles. The zero-order chi connectivity index (χ0) is 18.4. The Labute approximate surface area is 152 Å². The average Bonchev–Trinajstić information content (AvgIpc) is 2.72. The van der Waals surface area contributed by atoms with Crippen LogP contribution in [0.2, 0.25) is 0 Å². The number of carbonyl (C=O) groups is 2. The van der Waals surface area contributed by atoms with Crippen LogP contribution in [0, 0.1) is 0 Å². The fourth-order valence-electron chi connectivity index (χ4n) is 2.57. The highest BCUT2D eigenvalue weighted by Crippen LogP contribution is 2.17. The second-order valence-corrected chi connectivity index (χ2v) is 5.79. The Hall–Kier alpha value is -3.40. The van der Waals surface area contributed by atoms with Crippen molar-refractivity contribution in [3.63, 3.8) is 0 Å². The van der Waals surface area contributed by atoms with E-state index >= 15 is 0 Å². The predicted octanol–water partition coefficient (Wildman–Crippen LogP) is 3.86. The summed E-state index contributed by atoms with van der Waals surface area (Å²) < 4.78 is 5.76. The third kappa shape index (κ3) is 4.16. The quantitative estimate of drug-likeness (QED) is 0.690. The first-order valence-electron chi connectivity index (χ1n) is 8.31. The number of carbonyl (C=O) groups excluding carboxylic acids is 2. The fraction of sp³-hybridized carbons (Fsp3) is 0.0909. The molecule has 0 bridgehead atoms. The Bertz CT molecular complexity index is 902. The maximum atomic E-state index is 12.4. The van der Waals surface area contributed by atoms with Crippen LogP contribution < -0.4 is 10.1 Å². The molecule has 0 radical (unpaired) electrons. The number of nitrogens with one attached hydrogen (secondary N) is 1. The molecule has 130 valence electrons. The topological polar surface area (TPSA) is 55.4 Å². The number of benzene rings is 3. The van der Waals surface area contributed by atoms with Gasteiger partial charge in [0.25, 0.3) is 5.91 Å². The largest absolute Gasteiger partial charge is 0.489 e. The third-order valence-electron chi connectivity index (χ3n) is 3.97. The zero-order valence-corrected chi connectivity index (χ0v) is 14.4. The summed E-state index contributed by atoms with van der Waals surface area (Å²) in [6.07, 6.45) is 0. The van der Waals surface area contributed by atoms with Crippen LogP contribution in [0.4, 0.5) is 0 Å². The van der Waals surface area contributed by atoms with Crippen molar-refractivity contribution in [2.24, 2.45) is 0 Å². The van der Waals surface area contributed by atoms with Crippen LogP contribution in [0.15, 0.2) is 78.9 Å². The number of ketones is 1. The van der Waals surface area contributed by atoms with Gasteiger partial charge in [0.2, 0.25) is 0 Å². The number of hydrogen-bond donors (Lipinski definition) is 1. The Morgan fingerprint density at radius 1 is 0.808 bits per heavy atom.